The molecule has 0 saturated carbocycles. The van der Waals surface area contributed by atoms with E-state index >= 15 is 0 Å². The Bertz CT molecular complexity index is 376. The van der Waals surface area contributed by atoms with Crippen molar-refractivity contribution in [2.75, 3.05) is 27.3 Å². The topological polar surface area (TPSA) is 52.9 Å². The second-order valence-corrected chi connectivity index (χ2v) is 4.31. The minimum atomic E-state index is -1.63. The van der Waals surface area contributed by atoms with E-state index in [9.17, 15) is 4.39 Å². The lowest BCUT2D eigenvalue weighted by atomic mass is 9.80. The molecule has 0 spiro atoms. The van der Waals surface area contributed by atoms with Crippen LogP contribution >= 0.6 is 0 Å². The number of methoxy groups -OCH3 is 1. The van der Waals surface area contributed by atoms with Gasteiger partial charge in [-0.25, -0.2) is 4.39 Å². The van der Waals surface area contributed by atoms with E-state index < -0.39 is 12.9 Å². The Morgan fingerprint density at radius 3 is 2.67 bits per heavy atom. The summed E-state index contributed by atoms with van der Waals surface area (Å²) in [6.45, 7) is 1.98. The van der Waals surface area contributed by atoms with Gasteiger partial charge in [-0.2, -0.15) is 0 Å². The van der Waals surface area contributed by atoms with Gasteiger partial charge in [0.1, 0.15) is 5.82 Å². The number of hydrogen-bond acceptors (Lipinski definition) is 4. The van der Waals surface area contributed by atoms with Gasteiger partial charge in [-0.15, -0.1) is 0 Å². The third-order valence-corrected chi connectivity index (χ3v) is 2.70. The largest absolute Gasteiger partial charge is 0.488 e. The molecule has 4 nitrogen and oxygen atoms in total. The van der Waals surface area contributed by atoms with Crippen LogP contribution in [0.4, 0.5) is 4.39 Å². The summed E-state index contributed by atoms with van der Waals surface area (Å²) >= 11 is 0. The van der Waals surface area contributed by atoms with Crippen molar-refractivity contribution in [1.82, 2.24) is 4.90 Å². The molecule has 0 saturated heterocycles. The molecule has 0 amide bonds. The number of hydrogen-bond donors (Lipinski definition) is 2. The van der Waals surface area contributed by atoms with Crippen molar-refractivity contribution in [3.63, 3.8) is 0 Å². The summed E-state index contributed by atoms with van der Waals surface area (Å²) in [5.41, 5.74) is 0.706. The molecule has 1 aromatic carbocycles. The fourth-order valence-electron chi connectivity index (χ4n) is 1.70. The van der Waals surface area contributed by atoms with Gasteiger partial charge in [-0.1, -0.05) is 12.1 Å². The van der Waals surface area contributed by atoms with E-state index in [1.807, 2.05) is 11.9 Å². The molecule has 1 rings (SSSR count). The molecule has 1 aromatic rings. The molecule has 0 atom stereocenters. The summed E-state index contributed by atoms with van der Waals surface area (Å²) in [6, 6.07) is 4.26. The SMILES string of the molecule is COCCCN(C)Cc1ccc(B(O)O)cc1F. The first-order chi connectivity index (χ1) is 8.54. The van der Waals surface area contributed by atoms with E-state index in [0.717, 1.165) is 19.0 Å². The van der Waals surface area contributed by atoms with E-state index in [4.69, 9.17) is 14.8 Å². The van der Waals surface area contributed by atoms with Gasteiger partial charge in [0.15, 0.2) is 0 Å². The summed E-state index contributed by atoms with van der Waals surface area (Å²) < 4.78 is 18.6. The van der Waals surface area contributed by atoms with Crippen molar-refractivity contribution < 1.29 is 19.2 Å². The molecule has 0 aromatic heterocycles. The molecule has 0 aliphatic carbocycles. The first-order valence-corrected chi connectivity index (χ1v) is 5.86. The van der Waals surface area contributed by atoms with E-state index in [0.29, 0.717) is 18.7 Å². The van der Waals surface area contributed by atoms with Crippen molar-refractivity contribution in [1.29, 1.82) is 0 Å². The molecule has 18 heavy (non-hydrogen) atoms. The number of halogens is 1. The van der Waals surface area contributed by atoms with Crippen LogP contribution in [0.1, 0.15) is 12.0 Å². The zero-order valence-electron chi connectivity index (χ0n) is 10.8. The van der Waals surface area contributed by atoms with Gasteiger partial charge in [0.25, 0.3) is 0 Å². The Hall–Kier alpha value is -0.945. The predicted octanol–water partition coefficient (Wildman–Crippen LogP) is -0.0262. The molecular weight excluding hydrogens is 236 g/mol. The van der Waals surface area contributed by atoms with E-state index in [1.54, 1.807) is 13.2 Å². The molecule has 0 aliphatic rings. The van der Waals surface area contributed by atoms with Crippen molar-refractivity contribution >= 4 is 12.6 Å². The molecule has 0 aliphatic heterocycles. The monoisotopic (exact) mass is 255 g/mol. The third kappa shape index (κ3) is 4.74. The van der Waals surface area contributed by atoms with Crippen LogP contribution in [-0.4, -0.2) is 49.4 Å². The molecular formula is C12H19BFNO3. The maximum atomic E-state index is 13.7. The van der Waals surface area contributed by atoms with Crippen molar-refractivity contribution in [3.8, 4) is 0 Å². The lowest BCUT2D eigenvalue weighted by Crippen LogP contribution is -2.30. The first kappa shape index (κ1) is 15.1. The van der Waals surface area contributed by atoms with Crippen LogP contribution in [0.15, 0.2) is 18.2 Å². The zero-order chi connectivity index (χ0) is 13.5. The Balaban J connectivity index is 2.56. The Labute approximate surface area is 107 Å². The highest BCUT2D eigenvalue weighted by atomic mass is 19.1. The lowest BCUT2D eigenvalue weighted by molar-refractivity contribution is 0.178. The molecule has 6 heteroatoms. The van der Waals surface area contributed by atoms with Gasteiger partial charge in [0, 0.05) is 32.4 Å². The minimum absolute atomic E-state index is 0.165. The van der Waals surface area contributed by atoms with Crippen LogP contribution < -0.4 is 5.46 Å². The second-order valence-electron chi connectivity index (χ2n) is 4.31. The highest BCUT2D eigenvalue weighted by Crippen LogP contribution is 2.08. The summed E-state index contributed by atoms with van der Waals surface area (Å²) in [5.74, 6) is -0.417. The van der Waals surface area contributed by atoms with Crippen molar-refractivity contribution in [3.05, 3.63) is 29.6 Å². The summed E-state index contributed by atoms with van der Waals surface area (Å²) in [6.07, 6.45) is 0.891. The maximum Gasteiger partial charge on any atom is 0.488 e. The quantitative estimate of drug-likeness (QED) is 0.531. The second kappa shape index (κ2) is 7.48. The van der Waals surface area contributed by atoms with E-state index in [1.165, 1.54) is 6.07 Å². The highest BCUT2D eigenvalue weighted by molar-refractivity contribution is 6.58. The fourth-order valence-corrected chi connectivity index (χ4v) is 1.70. The van der Waals surface area contributed by atoms with Crippen LogP contribution in [0.25, 0.3) is 0 Å². The number of ether oxygens (including phenoxy) is 1. The fraction of sp³-hybridized carbons (Fsp3) is 0.500. The number of benzene rings is 1. The Morgan fingerprint density at radius 1 is 1.39 bits per heavy atom. The Morgan fingerprint density at radius 2 is 2.11 bits per heavy atom. The van der Waals surface area contributed by atoms with Crippen LogP contribution in [0.3, 0.4) is 0 Å². The van der Waals surface area contributed by atoms with Gasteiger partial charge >= 0.3 is 7.12 Å². The van der Waals surface area contributed by atoms with Gasteiger partial charge in [-0.3, -0.25) is 0 Å². The number of nitrogens with zero attached hydrogens (tertiary/aromatic N) is 1. The van der Waals surface area contributed by atoms with Gasteiger partial charge < -0.3 is 19.7 Å². The zero-order valence-corrected chi connectivity index (χ0v) is 10.8. The first-order valence-electron chi connectivity index (χ1n) is 5.86. The molecule has 0 heterocycles. The molecule has 100 valence electrons. The van der Waals surface area contributed by atoms with Gasteiger partial charge in [-0.05, 0) is 25.0 Å². The average molecular weight is 255 g/mol. The van der Waals surface area contributed by atoms with Gasteiger partial charge in [0.2, 0.25) is 0 Å². The summed E-state index contributed by atoms with van der Waals surface area (Å²) in [4.78, 5) is 1.99. The van der Waals surface area contributed by atoms with Crippen LogP contribution in [0.2, 0.25) is 0 Å². The molecule has 0 unspecified atom stereocenters. The normalized spacial score (nSPS) is 11.0. The average Bonchev–Trinajstić information content (AvgIpc) is 2.32. The van der Waals surface area contributed by atoms with Crippen molar-refractivity contribution in [2.45, 2.75) is 13.0 Å². The van der Waals surface area contributed by atoms with E-state index in [2.05, 4.69) is 0 Å². The van der Waals surface area contributed by atoms with Crippen LogP contribution in [0, 0.1) is 5.82 Å². The molecule has 0 fully saturated rings. The molecule has 0 radical (unpaired) electrons. The van der Waals surface area contributed by atoms with Crippen LogP contribution in [0.5, 0.6) is 0 Å². The number of rotatable bonds is 7. The van der Waals surface area contributed by atoms with Gasteiger partial charge in [0.05, 0.1) is 0 Å². The minimum Gasteiger partial charge on any atom is -0.423 e. The standard InChI is InChI=1S/C12H19BFNO3/c1-15(6-3-7-18-2)9-10-4-5-11(13(16)17)8-12(10)14/h4-5,8,16-17H,3,6-7,9H2,1-2H3. The molecule has 2 N–H and O–H groups in total. The Kier molecular flexibility index (Phi) is 6.28. The van der Waals surface area contributed by atoms with E-state index in [-0.39, 0.29) is 5.46 Å². The molecule has 0 bridgehead atoms. The highest BCUT2D eigenvalue weighted by Gasteiger charge is 2.14. The van der Waals surface area contributed by atoms with Crippen LogP contribution in [-0.2, 0) is 11.3 Å². The smallest absolute Gasteiger partial charge is 0.423 e. The van der Waals surface area contributed by atoms with Crippen molar-refractivity contribution in [2.24, 2.45) is 0 Å². The lowest BCUT2D eigenvalue weighted by Gasteiger charge is -2.17. The third-order valence-electron chi connectivity index (χ3n) is 2.70. The summed E-state index contributed by atoms with van der Waals surface area (Å²) in [5, 5.41) is 17.9. The summed E-state index contributed by atoms with van der Waals surface area (Å²) in [7, 11) is 1.93. The maximum absolute atomic E-state index is 13.7. The predicted molar refractivity (Wildman–Crippen MR) is 69.1 cm³/mol.